The smallest absolute Gasteiger partial charge is 0.149 e. The lowest BCUT2D eigenvalue weighted by molar-refractivity contribution is 0.369. The van der Waals surface area contributed by atoms with Gasteiger partial charge >= 0.3 is 0 Å². The molecule has 0 saturated heterocycles. The maximum Gasteiger partial charge on any atom is 0.149 e. The highest BCUT2D eigenvalue weighted by atomic mass is 16.5. The summed E-state index contributed by atoms with van der Waals surface area (Å²) in [7, 11) is 0. The molecule has 0 amide bonds. The maximum absolute atomic E-state index is 9.06. The van der Waals surface area contributed by atoms with Crippen molar-refractivity contribution < 1.29 is 9.15 Å². The van der Waals surface area contributed by atoms with E-state index in [1.54, 1.807) is 23.1 Å². The summed E-state index contributed by atoms with van der Waals surface area (Å²) < 4.78 is 13.6. The molecule has 6 heteroatoms. The van der Waals surface area contributed by atoms with E-state index in [0.29, 0.717) is 17.9 Å². The third-order valence-electron chi connectivity index (χ3n) is 4.45. The van der Waals surface area contributed by atoms with E-state index in [-0.39, 0.29) is 6.04 Å². The predicted octanol–water partition coefficient (Wildman–Crippen LogP) is 4.33. The normalized spacial score (nSPS) is 11.4. The Hall–Kier alpha value is -4.03. The lowest BCUT2D eigenvalue weighted by Gasteiger charge is -2.15. The van der Waals surface area contributed by atoms with E-state index in [9.17, 15) is 0 Å². The molecule has 142 valence electrons. The van der Waals surface area contributed by atoms with Crippen LogP contribution in [0.2, 0.25) is 0 Å². The van der Waals surface area contributed by atoms with Crippen LogP contribution >= 0.6 is 0 Å². The summed E-state index contributed by atoms with van der Waals surface area (Å²) in [6.07, 6.45) is 3.95. The number of benzene rings is 2. The van der Waals surface area contributed by atoms with Crippen molar-refractivity contribution in [3.63, 3.8) is 0 Å². The molecular formula is C23H18N4O2. The van der Waals surface area contributed by atoms with Gasteiger partial charge in [-0.3, -0.25) is 0 Å². The number of fused-ring (bicyclic) bond motifs is 1. The van der Waals surface area contributed by atoms with Gasteiger partial charge in [0.05, 0.1) is 11.6 Å². The van der Waals surface area contributed by atoms with Crippen LogP contribution in [0.4, 0.5) is 0 Å². The largest absolute Gasteiger partial charge is 0.481 e. The van der Waals surface area contributed by atoms with Crippen LogP contribution in [0, 0.1) is 23.2 Å². The first kappa shape index (κ1) is 18.3. The molecule has 2 heterocycles. The molecule has 0 radical (unpaired) electrons. The van der Waals surface area contributed by atoms with Gasteiger partial charge in [0.25, 0.3) is 0 Å². The second-order valence-electron chi connectivity index (χ2n) is 6.36. The van der Waals surface area contributed by atoms with Gasteiger partial charge in [-0.1, -0.05) is 25.0 Å². The Labute approximate surface area is 168 Å². The lowest BCUT2D eigenvalue weighted by atomic mass is 10.0. The van der Waals surface area contributed by atoms with Crippen LogP contribution in [0.5, 0.6) is 5.75 Å². The van der Waals surface area contributed by atoms with Gasteiger partial charge in [0, 0.05) is 17.9 Å². The highest BCUT2D eigenvalue weighted by molar-refractivity contribution is 5.79. The molecule has 0 aliphatic carbocycles. The third kappa shape index (κ3) is 3.97. The second-order valence-corrected chi connectivity index (χ2v) is 6.36. The Morgan fingerprint density at radius 1 is 1.14 bits per heavy atom. The van der Waals surface area contributed by atoms with Crippen molar-refractivity contribution >= 4 is 11.0 Å². The standard InChI is InChI=1S/C23H18N4O2/c1-2-3-4-11-28-20-10-9-19-12-22(29-21(19)13-20)23(27-16-25-15-26-27)18-7-5-17(14-24)6-8-18/h5-10,12-13,15-16,23H,2,11H2,1H3. The van der Waals surface area contributed by atoms with Gasteiger partial charge < -0.3 is 9.15 Å². The molecule has 4 aromatic rings. The van der Waals surface area contributed by atoms with Crippen molar-refractivity contribution in [1.82, 2.24) is 14.8 Å². The summed E-state index contributed by atoms with van der Waals surface area (Å²) in [5.74, 6) is 7.37. The van der Waals surface area contributed by atoms with E-state index in [4.69, 9.17) is 14.4 Å². The monoisotopic (exact) mass is 382 g/mol. The first-order chi connectivity index (χ1) is 14.3. The Morgan fingerprint density at radius 2 is 2.00 bits per heavy atom. The Morgan fingerprint density at radius 3 is 2.72 bits per heavy atom. The quantitative estimate of drug-likeness (QED) is 0.480. The van der Waals surface area contributed by atoms with Crippen LogP contribution in [0.25, 0.3) is 11.0 Å². The average molecular weight is 382 g/mol. The second kappa shape index (κ2) is 8.33. The molecule has 0 bridgehead atoms. The third-order valence-corrected chi connectivity index (χ3v) is 4.45. The molecule has 29 heavy (non-hydrogen) atoms. The van der Waals surface area contributed by atoms with Gasteiger partial charge in [-0.25, -0.2) is 9.67 Å². The first-order valence-corrected chi connectivity index (χ1v) is 9.24. The molecule has 4 rings (SSSR count). The molecule has 6 nitrogen and oxygen atoms in total. The molecule has 2 aromatic carbocycles. The molecule has 1 unspecified atom stereocenters. The average Bonchev–Trinajstić information content (AvgIpc) is 3.42. The van der Waals surface area contributed by atoms with Crippen molar-refractivity contribution in [2.75, 3.05) is 6.61 Å². The van der Waals surface area contributed by atoms with Crippen LogP contribution in [0.3, 0.4) is 0 Å². The first-order valence-electron chi connectivity index (χ1n) is 9.24. The maximum atomic E-state index is 9.06. The van der Waals surface area contributed by atoms with Crippen molar-refractivity contribution in [1.29, 1.82) is 5.26 Å². The van der Waals surface area contributed by atoms with Crippen molar-refractivity contribution in [2.24, 2.45) is 0 Å². The van der Waals surface area contributed by atoms with Gasteiger partial charge in [-0.2, -0.15) is 10.4 Å². The van der Waals surface area contributed by atoms with Crippen molar-refractivity contribution in [2.45, 2.75) is 19.4 Å². The fourth-order valence-corrected chi connectivity index (χ4v) is 3.09. The summed E-state index contributed by atoms with van der Waals surface area (Å²) in [6.45, 7) is 2.35. The SMILES string of the molecule is CCC#CCOc1ccc2cc(C(c3ccc(C#N)cc3)n3cncn3)oc2c1. The number of ether oxygens (including phenoxy) is 1. The molecule has 0 N–H and O–H groups in total. The summed E-state index contributed by atoms with van der Waals surface area (Å²) in [4.78, 5) is 4.07. The Bertz CT molecular complexity index is 1210. The van der Waals surface area contributed by atoms with Crippen LogP contribution in [0.1, 0.15) is 36.3 Å². The predicted molar refractivity (Wildman–Crippen MR) is 108 cm³/mol. The van der Waals surface area contributed by atoms with Crippen LogP contribution in [-0.4, -0.2) is 21.4 Å². The van der Waals surface area contributed by atoms with Crippen LogP contribution < -0.4 is 4.74 Å². The number of furan rings is 1. The molecule has 0 aliphatic heterocycles. The van der Waals surface area contributed by atoms with Crippen LogP contribution in [0.15, 0.2) is 65.6 Å². The minimum absolute atomic E-state index is 0.294. The zero-order valence-corrected chi connectivity index (χ0v) is 15.9. The van der Waals surface area contributed by atoms with E-state index in [2.05, 4.69) is 28.0 Å². The number of hydrogen-bond donors (Lipinski definition) is 0. The van der Waals surface area contributed by atoms with E-state index in [0.717, 1.165) is 28.7 Å². The minimum atomic E-state index is -0.294. The van der Waals surface area contributed by atoms with Gasteiger partial charge in [0.15, 0.2) is 0 Å². The van der Waals surface area contributed by atoms with E-state index < -0.39 is 0 Å². The zero-order valence-electron chi connectivity index (χ0n) is 15.9. The fourth-order valence-electron chi connectivity index (χ4n) is 3.09. The molecule has 0 saturated carbocycles. The van der Waals surface area contributed by atoms with E-state index >= 15 is 0 Å². The number of rotatable bonds is 5. The van der Waals surface area contributed by atoms with Gasteiger partial charge in [0.2, 0.25) is 0 Å². The minimum Gasteiger partial charge on any atom is -0.481 e. The highest BCUT2D eigenvalue weighted by Gasteiger charge is 2.21. The van der Waals surface area contributed by atoms with Gasteiger partial charge in [0.1, 0.15) is 42.4 Å². The summed E-state index contributed by atoms with van der Waals surface area (Å²) >= 11 is 0. The van der Waals surface area contributed by atoms with Gasteiger partial charge in [-0.05, 0) is 35.9 Å². The zero-order chi connectivity index (χ0) is 20.1. The summed E-state index contributed by atoms with van der Waals surface area (Å²) in [5.41, 5.74) is 2.27. The van der Waals surface area contributed by atoms with Crippen molar-refractivity contribution in [3.05, 3.63) is 78.1 Å². The van der Waals surface area contributed by atoms with E-state index in [1.807, 2.05) is 43.3 Å². The van der Waals surface area contributed by atoms with Crippen LogP contribution in [-0.2, 0) is 0 Å². The molecule has 1 atom stereocenters. The number of nitrogens with zero attached hydrogens (tertiary/aromatic N) is 4. The number of nitriles is 1. The molecule has 0 spiro atoms. The van der Waals surface area contributed by atoms with E-state index in [1.165, 1.54) is 6.33 Å². The molecular weight excluding hydrogens is 364 g/mol. The summed E-state index contributed by atoms with van der Waals surface area (Å²) in [5, 5.41) is 14.3. The molecule has 0 aliphatic rings. The van der Waals surface area contributed by atoms with Gasteiger partial charge in [-0.15, -0.1) is 5.92 Å². The van der Waals surface area contributed by atoms with Crippen molar-refractivity contribution in [3.8, 4) is 23.7 Å². The highest BCUT2D eigenvalue weighted by Crippen LogP contribution is 2.32. The number of aromatic nitrogens is 3. The Balaban J connectivity index is 1.69. The Kier molecular flexibility index (Phi) is 5.27. The lowest BCUT2D eigenvalue weighted by Crippen LogP contribution is -2.12. The molecule has 0 fully saturated rings. The fraction of sp³-hybridized carbons (Fsp3) is 0.174. The topological polar surface area (TPSA) is 76.9 Å². The summed E-state index contributed by atoms with van der Waals surface area (Å²) in [6, 6.07) is 16.9. The molecule has 2 aromatic heterocycles. The number of hydrogen-bond acceptors (Lipinski definition) is 5.